The molecule has 0 radical (unpaired) electrons. The summed E-state index contributed by atoms with van der Waals surface area (Å²) in [5.74, 6) is 1.33. The molecule has 2 heterocycles. The summed E-state index contributed by atoms with van der Waals surface area (Å²) in [5.41, 5.74) is 2.78. The molecule has 3 aromatic rings. The predicted octanol–water partition coefficient (Wildman–Crippen LogP) is 3.70. The van der Waals surface area contributed by atoms with Crippen LogP contribution in [0.3, 0.4) is 0 Å². The van der Waals surface area contributed by atoms with Gasteiger partial charge >= 0.3 is 0 Å². The molecule has 0 saturated carbocycles. The number of imidazole rings is 1. The molecule has 3 rings (SSSR count). The lowest BCUT2D eigenvalue weighted by Gasteiger charge is -2.24. The number of nitrogens with one attached hydrogen (secondary N) is 2. The van der Waals surface area contributed by atoms with Crippen molar-refractivity contribution in [2.75, 3.05) is 5.32 Å². The SMILES string of the molecule is CCC(C)(C)NS(=O)(=O)c1ccc(Nc2nccc(-c3c(C)nc(C)n3C)n2)cc1. The van der Waals surface area contributed by atoms with Gasteiger partial charge in [0.15, 0.2) is 0 Å². The van der Waals surface area contributed by atoms with Crippen LogP contribution in [0, 0.1) is 13.8 Å². The Morgan fingerprint density at radius 2 is 1.73 bits per heavy atom. The third-order valence-electron chi connectivity index (χ3n) is 5.11. The molecule has 0 atom stereocenters. The van der Waals surface area contributed by atoms with Gasteiger partial charge in [-0.2, -0.15) is 0 Å². The van der Waals surface area contributed by atoms with Crippen molar-refractivity contribution >= 4 is 21.7 Å². The van der Waals surface area contributed by atoms with E-state index in [-0.39, 0.29) is 4.90 Å². The summed E-state index contributed by atoms with van der Waals surface area (Å²) in [4.78, 5) is 13.6. The highest BCUT2D eigenvalue weighted by molar-refractivity contribution is 7.89. The summed E-state index contributed by atoms with van der Waals surface area (Å²) in [6.45, 7) is 9.55. The number of aromatic nitrogens is 4. The molecule has 0 fully saturated rings. The van der Waals surface area contributed by atoms with Crippen molar-refractivity contribution in [3.63, 3.8) is 0 Å². The fourth-order valence-electron chi connectivity index (χ4n) is 3.02. The number of nitrogens with zero attached hydrogens (tertiary/aromatic N) is 4. The minimum absolute atomic E-state index is 0.213. The van der Waals surface area contributed by atoms with E-state index in [0.717, 1.165) is 22.9 Å². The average Bonchev–Trinajstić information content (AvgIpc) is 2.93. The molecule has 0 saturated heterocycles. The van der Waals surface area contributed by atoms with E-state index < -0.39 is 15.6 Å². The van der Waals surface area contributed by atoms with E-state index in [4.69, 9.17) is 0 Å². The van der Waals surface area contributed by atoms with Crippen LogP contribution in [0.1, 0.15) is 38.7 Å². The lowest BCUT2D eigenvalue weighted by molar-refractivity contribution is 0.439. The molecular weight excluding hydrogens is 400 g/mol. The largest absolute Gasteiger partial charge is 0.330 e. The lowest BCUT2D eigenvalue weighted by Crippen LogP contribution is -2.42. The first-order valence-electron chi connectivity index (χ1n) is 9.77. The summed E-state index contributed by atoms with van der Waals surface area (Å²) in [6.07, 6.45) is 2.37. The zero-order valence-corrected chi connectivity index (χ0v) is 19.0. The van der Waals surface area contributed by atoms with Crippen LogP contribution in [-0.2, 0) is 17.1 Å². The third-order valence-corrected chi connectivity index (χ3v) is 6.82. The summed E-state index contributed by atoms with van der Waals surface area (Å²) < 4.78 is 29.9. The Bertz CT molecular complexity index is 1150. The van der Waals surface area contributed by atoms with Crippen LogP contribution in [0.2, 0.25) is 0 Å². The number of rotatable bonds is 7. The Labute approximate surface area is 177 Å². The summed E-state index contributed by atoms with van der Waals surface area (Å²) in [5, 5.41) is 3.13. The zero-order valence-electron chi connectivity index (χ0n) is 18.2. The van der Waals surface area contributed by atoms with Gasteiger partial charge in [-0.25, -0.2) is 28.1 Å². The van der Waals surface area contributed by atoms with E-state index in [1.54, 1.807) is 30.5 Å². The quantitative estimate of drug-likeness (QED) is 0.595. The van der Waals surface area contributed by atoms with Gasteiger partial charge in [-0.15, -0.1) is 0 Å². The first-order chi connectivity index (χ1) is 14.0. The van der Waals surface area contributed by atoms with Crippen molar-refractivity contribution in [2.45, 2.75) is 51.5 Å². The highest BCUT2D eigenvalue weighted by Crippen LogP contribution is 2.24. The van der Waals surface area contributed by atoms with Crippen molar-refractivity contribution < 1.29 is 8.42 Å². The van der Waals surface area contributed by atoms with Gasteiger partial charge in [0, 0.05) is 24.5 Å². The van der Waals surface area contributed by atoms with E-state index >= 15 is 0 Å². The van der Waals surface area contributed by atoms with Crippen molar-refractivity contribution in [2.24, 2.45) is 7.05 Å². The molecule has 0 spiro atoms. The van der Waals surface area contributed by atoms with Crippen molar-refractivity contribution in [1.29, 1.82) is 0 Å². The van der Waals surface area contributed by atoms with Gasteiger partial charge in [-0.3, -0.25) is 0 Å². The van der Waals surface area contributed by atoms with Gasteiger partial charge in [-0.1, -0.05) is 6.92 Å². The highest BCUT2D eigenvalue weighted by atomic mass is 32.2. The van der Waals surface area contributed by atoms with E-state index in [0.29, 0.717) is 18.1 Å². The Hall–Kier alpha value is -2.78. The predicted molar refractivity (Wildman–Crippen MR) is 118 cm³/mol. The van der Waals surface area contributed by atoms with Crippen LogP contribution < -0.4 is 10.0 Å². The minimum atomic E-state index is -3.59. The monoisotopic (exact) mass is 428 g/mol. The minimum Gasteiger partial charge on any atom is -0.330 e. The Balaban J connectivity index is 1.81. The van der Waals surface area contributed by atoms with Crippen LogP contribution in [0.4, 0.5) is 11.6 Å². The van der Waals surface area contributed by atoms with Crippen LogP contribution >= 0.6 is 0 Å². The van der Waals surface area contributed by atoms with Crippen LogP contribution in [0.15, 0.2) is 41.4 Å². The smallest absolute Gasteiger partial charge is 0.241 e. The van der Waals surface area contributed by atoms with Crippen molar-refractivity contribution in [3.05, 3.63) is 48.0 Å². The highest BCUT2D eigenvalue weighted by Gasteiger charge is 2.24. The van der Waals surface area contributed by atoms with E-state index in [1.165, 1.54) is 0 Å². The second-order valence-electron chi connectivity index (χ2n) is 7.91. The number of hydrogen-bond acceptors (Lipinski definition) is 6. The van der Waals surface area contributed by atoms with Crippen LogP contribution in [0.5, 0.6) is 0 Å². The van der Waals surface area contributed by atoms with Gasteiger partial charge in [-0.05, 0) is 64.4 Å². The lowest BCUT2D eigenvalue weighted by atomic mass is 10.0. The number of anilines is 2. The van der Waals surface area contributed by atoms with Gasteiger partial charge < -0.3 is 9.88 Å². The number of sulfonamides is 1. The standard InChI is InChI=1S/C21H28N6O2S/c1-7-21(4,5)26-30(28,29)17-10-8-16(9-11-17)24-20-22-13-12-18(25-20)19-14(2)23-15(3)27(19)6/h8-13,26H,7H2,1-6H3,(H,22,24,25). The molecule has 0 amide bonds. The normalized spacial score (nSPS) is 12.2. The fraction of sp³-hybridized carbons (Fsp3) is 0.381. The van der Waals surface area contributed by atoms with Crippen molar-refractivity contribution in [3.8, 4) is 11.4 Å². The topological polar surface area (TPSA) is 102 Å². The van der Waals surface area contributed by atoms with Gasteiger partial charge in [0.05, 0.1) is 22.0 Å². The maximum absolute atomic E-state index is 12.6. The molecular formula is C21H28N6O2S. The van der Waals surface area contributed by atoms with E-state index in [1.807, 2.05) is 52.3 Å². The molecule has 0 aliphatic carbocycles. The van der Waals surface area contributed by atoms with Crippen LogP contribution in [0.25, 0.3) is 11.4 Å². The average molecular weight is 429 g/mol. The van der Waals surface area contributed by atoms with Gasteiger partial charge in [0.2, 0.25) is 16.0 Å². The maximum atomic E-state index is 12.6. The molecule has 2 N–H and O–H groups in total. The molecule has 0 aliphatic rings. The number of aryl methyl sites for hydroxylation is 2. The molecule has 0 unspecified atom stereocenters. The first kappa shape index (κ1) is 21.9. The first-order valence-corrected chi connectivity index (χ1v) is 11.2. The summed E-state index contributed by atoms with van der Waals surface area (Å²) >= 11 is 0. The van der Waals surface area contributed by atoms with E-state index in [9.17, 15) is 8.42 Å². The third kappa shape index (κ3) is 4.68. The Morgan fingerprint density at radius 1 is 1.07 bits per heavy atom. The molecule has 0 aliphatic heterocycles. The second-order valence-corrected chi connectivity index (χ2v) is 9.59. The summed E-state index contributed by atoms with van der Waals surface area (Å²) in [7, 11) is -1.64. The summed E-state index contributed by atoms with van der Waals surface area (Å²) in [6, 6.07) is 8.36. The molecule has 0 bridgehead atoms. The maximum Gasteiger partial charge on any atom is 0.241 e. The Kier molecular flexibility index (Phi) is 5.96. The molecule has 160 valence electrons. The second kappa shape index (κ2) is 8.16. The molecule has 9 heteroatoms. The molecule has 2 aromatic heterocycles. The van der Waals surface area contributed by atoms with Gasteiger partial charge in [0.1, 0.15) is 5.82 Å². The number of benzene rings is 1. The van der Waals surface area contributed by atoms with E-state index in [2.05, 4.69) is 25.0 Å². The molecule has 1 aromatic carbocycles. The molecule has 30 heavy (non-hydrogen) atoms. The number of hydrogen-bond donors (Lipinski definition) is 2. The van der Waals surface area contributed by atoms with Gasteiger partial charge in [0.25, 0.3) is 0 Å². The zero-order chi connectivity index (χ0) is 22.1. The van der Waals surface area contributed by atoms with Crippen molar-refractivity contribution in [1.82, 2.24) is 24.2 Å². The van der Waals surface area contributed by atoms with Crippen LogP contribution in [-0.4, -0.2) is 33.5 Å². The Morgan fingerprint density at radius 3 is 2.30 bits per heavy atom. The molecule has 8 nitrogen and oxygen atoms in total. The fourth-order valence-corrected chi connectivity index (χ4v) is 4.51.